The number of imide groups is 2. The number of amides is 4. The van der Waals surface area contributed by atoms with Crippen LogP contribution >= 0.6 is 11.6 Å². The predicted octanol–water partition coefficient (Wildman–Crippen LogP) is 3.41. The van der Waals surface area contributed by atoms with Crippen LogP contribution in [0.15, 0.2) is 48.0 Å². The normalized spacial score (nSPS) is 15.6. The molecule has 1 N–H and O–H groups in total. The molecule has 28 heavy (non-hydrogen) atoms. The van der Waals surface area contributed by atoms with Crippen LogP contribution in [0.4, 0.5) is 10.5 Å². The number of benzene rings is 2. The molecule has 0 saturated carbocycles. The Morgan fingerprint density at radius 1 is 1.07 bits per heavy atom. The van der Waals surface area contributed by atoms with Crippen LogP contribution in [0.5, 0.6) is 11.5 Å². The van der Waals surface area contributed by atoms with Gasteiger partial charge in [-0.3, -0.25) is 14.9 Å². The fourth-order valence-corrected chi connectivity index (χ4v) is 2.82. The number of halogens is 1. The Bertz CT molecular complexity index is 969. The number of nitrogens with one attached hydrogen (secondary N) is 1. The average Bonchev–Trinajstić information content (AvgIpc) is 2.67. The van der Waals surface area contributed by atoms with Crippen molar-refractivity contribution in [1.82, 2.24) is 5.32 Å². The second-order valence-corrected chi connectivity index (χ2v) is 6.21. The smallest absolute Gasteiger partial charge is 0.335 e. The van der Waals surface area contributed by atoms with Gasteiger partial charge in [0.1, 0.15) is 5.57 Å². The standard InChI is InChI=1S/C20H17ClN2O5/c1-3-28-16-9-4-12(11-17(16)27-2)10-15-18(24)22-20(26)23(19(15)25)14-7-5-13(21)6-8-14/h4-11H,3H2,1-2H3,(H,22,24,26)/b15-10+. The molecule has 1 fully saturated rings. The number of methoxy groups -OCH3 is 1. The lowest BCUT2D eigenvalue weighted by molar-refractivity contribution is -0.122. The minimum absolute atomic E-state index is 0.180. The van der Waals surface area contributed by atoms with E-state index in [1.807, 2.05) is 6.92 Å². The van der Waals surface area contributed by atoms with Crippen molar-refractivity contribution in [3.63, 3.8) is 0 Å². The predicted molar refractivity (Wildman–Crippen MR) is 105 cm³/mol. The lowest BCUT2D eigenvalue weighted by Gasteiger charge is -2.26. The SMILES string of the molecule is CCOc1ccc(/C=C2\C(=O)NC(=O)N(c3ccc(Cl)cc3)C2=O)cc1OC. The third-order valence-corrected chi connectivity index (χ3v) is 4.24. The number of nitrogens with zero attached hydrogens (tertiary/aromatic N) is 1. The highest BCUT2D eigenvalue weighted by Gasteiger charge is 2.36. The fraction of sp³-hybridized carbons (Fsp3) is 0.150. The molecule has 2 aromatic carbocycles. The van der Waals surface area contributed by atoms with Gasteiger partial charge in [-0.15, -0.1) is 0 Å². The van der Waals surface area contributed by atoms with Gasteiger partial charge in [0.2, 0.25) is 0 Å². The van der Waals surface area contributed by atoms with Crippen molar-refractivity contribution in [2.75, 3.05) is 18.6 Å². The molecule has 0 aromatic heterocycles. The Balaban J connectivity index is 1.98. The first kappa shape index (κ1) is 19.4. The van der Waals surface area contributed by atoms with E-state index in [1.54, 1.807) is 30.3 Å². The minimum atomic E-state index is -0.821. The van der Waals surface area contributed by atoms with E-state index in [9.17, 15) is 14.4 Å². The minimum Gasteiger partial charge on any atom is -0.493 e. The van der Waals surface area contributed by atoms with Crippen LogP contribution in [0.3, 0.4) is 0 Å². The Labute approximate surface area is 166 Å². The topological polar surface area (TPSA) is 84.9 Å². The van der Waals surface area contributed by atoms with Crippen molar-refractivity contribution in [2.24, 2.45) is 0 Å². The number of carbonyl (C=O) groups excluding carboxylic acids is 3. The highest BCUT2D eigenvalue weighted by atomic mass is 35.5. The van der Waals surface area contributed by atoms with Gasteiger partial charge in [0.05, 0.1) is 19.4 Å². The van der Waals surface area contributed by atoms with Gasteiger partial charge in [-0.25, -0.2) is 9.69 Å². The molecule has 1 aliphatic rings. The molecule has 1 saturated heterocycles. The van der Waals surface area contributed by atoms with Crippen LogP contribution < -0.4 is 19.7 Å². The molecule has 0 atom stereocenters. The van der Waals surface area contributed by atoms with E-state index in [0.717, 1.165) is 4.90 Å². The Morgan fingerprint density at radius 3 is 2.43 bits per heavy atom. The Kier molecular flexibility index (Phi) is 5.65. The molecule has 0 radical (unpaired) electrons. The van der Waals surface area contributed by atoms with E-state index in [4.69, 9.17) is 21.1 Å². The summed E-state index contributed by atoms with van der Waals surface area (Å²) in [5.74, 6) is -0.493. The van der Waals surface area contributed by atoms with Gasteiger partial charge in [0.25, 0.3) is 11.8 Å². The highest BCUT2D eigenvalue weighted by Crippen LogP contribution is 2.30. The van der Waals surface area contributed by atoms with Gasteiger partial charge in [-0.1, -0.05) is 17.7 Å². The van der Waals surface area contributed by atoms with Crippen molar-refractivity contribution < 1.29 is 23.9 Å². The maximum Gasteiger partial charge on any atom is 0.335 e. The van der Waals surface area contributed by atoms with Gasteiger partial charge in [0, 0.05) is 5.02 Å². The number of rotatable bonds is 5. The van der Waals surface area contributed by atoms with E-state index in [2.05, 4.69) is 5.32 Å². The number of hydrogen-bond donors (Lipinski definition) is 1. The van der Waals surface area contributed by atoms with Crippen LogP contribution in [-0.2, 0) is 9.59 Å². The summed E-state index contributed by atoms with van der Waals surface area (Å²) in [5, 5.41) is 2.63. The number of anilines is 1. The van der Waals surface area contributed by atoms with E-state index in [-0.39, 0.29) is 5.57 Å². The molecular formula is C20H17ClN2O5. The first-order chi connectivity index (χ1) is 13.4. The lowest BCUT2D eigenvalue weighted by Crippen LogP contribution is -2.54. The highest BCUT2D eigenvalue weighted by molar-refractivity contribution is 6.39. The van der Waals surface area contributed by atoms with Gasteiger partial charge in [-0.05, 0) is 55.0 Å². The van der Waals surface area contributed by atoms with E-state index >= 15 is 0 Å². The molecule has 1 aliphatic heterocycles. The maximum atomic E-state index is 12.8. The number of barbiturate groups is 1. The molecule has 2 aromatic rings. The zero-order chi connectivity index (χ0) is 20.3. The van der Waals surface area contributed by atoms with Crippen LogP contribution in [0.2, 0.25) is 5.02 Å². The molecular weight excluding hydrogens is 384 g/mol. The first-order valence-electron chi connectivity index (χ1n) is 8.42. The van der Waals surface area contributed by atoms with E-state index in [1.165, 1.54) is 25.3 Å². The molecule has 8 heteroatoms. The number of carbonyl (C=O) groups is 3. The summed E-state index contributed by atoms with van der Waals surface area (Å²) in [4.78, 5) is 38.2. The fourth-order valence-electron chi connectivity index (χ4n) is 2.70. The quantitative estimate of drug-likeness (QED) is 0.614. The molecule has 0 bridgehead atoms. The maximum absolute atomic E-state index is 12.8. The Hall–Kier alpha value is -3.32. The van der Waals surface area contributed by atoms with Crippen molar-refractivity contribution in [3.8, 4) is 11.5 Å². The molecule has 0 unspecified atom stereocenters. The summed E-state index contributed by atoms with van der Waals surface area (Å²) in [6.07, 6.45) is 1.39. The first-order valence-corrected chi connectivity index (χ1v) is 8.80. The van der Waals surface area contributed by atoms with Crippen LogP contribution in [0, 0.1) is 0 Å². The van der Waals surface area contributed by atoms with Gasteiger partial charge in [-0.2, -0.15) is 0 Å². The van der Waals surface area contributed by atoms with Gasteiger partial charge >= 0.3 is 6.03 Å². The molecule has 0 spiro atoms. The van der Waals surface area contributed by atoms with Crippen LogP contribution in [0.25, 0.3) is 6.08 Å². The van der Waals surface area contributed by atoms with E-state index < -0.39 is 17.8 Å². The summed E-state index contributed by atoms with van der Waals surface area (Å²) < 4.78 is 10.7. The van der Waals surface area contributed by atoms with Gasteiger partial charge in [0.15, 0.2) is 11.5 Å². The monoisotopic (exact) mass is 400 g/mol. The zero-order valence-corrected chi connectivity index (χ0v) is 15.9. The molecule has 0 aliphatic carbocycles. The van der Waals surface area contributed by atoms with Crippen molar-refractivity contribution >= 4 is 41.2 Å². The van der Waals surface area contributed by atoms with Gasteiger partial charge < -0.3 is 9.47 Å². The summed E-state index contributed by atoms with van der Waals surface area (Å²) in [6.45, 7) is 2.32. The third-order valence-electron chi connectivity index (χ3n) is 3.99. The van der Waals surface area contributed by atoms with Crippen LogP contribution in [-0.4, -0.2) is 31.6 Å². The molecule has 144 valence electrons. The van der Waals surface area contributed by atoms with Crippen molar-refractivity contribution in [3.05, 3.63) is 58.6 Å². The summed E-state index contributed by atoms with van der Waals surface area (Å²) in [7, 11) is 1.49. The number of hydrogen-bond acceptors (Lipinski definition) is 5. The third kappa shape index (κ3) is 3.84. The van der Waals surface area contributed by atoms with Crippen molar-refractivity contribution in [2.45, 2.75) is 6.92 Å². The second kappa shape index (κ2) is 8.14. The molecule has 7 nitrogen and oxygen atoms in total. The summed E-state index contributed by atoms with van der Waals surface area (Å²) in [6, 6.07) is 10.3. The molecule has 3 rings (SSSR count). The number of urea groups is 1. The average molecular weight is 401 g/mol. The molecule has 1 heterocycles. The summed E-state index contributed by atoms with van der Waals surface area (Å²) >= 11 is 5.85. The summed E-state index contributed by atoms with van der Waals surface area (Å²) in [5.41, 5.74) is 0.666. The van der Waals surface area contributed by atoms with Crippen molar-refractivity contribution in [1.29, 1.82) is 0 Å². The van der Waals surface area contributed by atoms with E-state index in [0.29, 0.717) is 34.4 Å². The Morgan fingerprint density at radius 2 is 1.79 bits per heavy atom. The largest absolute Gasteiger partial charge is 0.493 e. The second-order valence-electron chi connectivity index (χ2n) is 5.78. The van der Waals surface area contributed by atoms with Crippen LogP contribution in [0.1, 0.15) is 12.5 Å². The molecule has 4 amide bonds. The lowest BCUT2D eigenvalue weighted by atomic mass is 10.1. The number of ether oxygens (including phenoxy) is 2. The zero-order valence-electron chi connectivity index (χ0n) is 15.2.